The van der Waals surface area contributed by atoms with Crippen LogP contribution in [0.15, 0.2) is 12.7 Å². The van der Waals surface area contributed by atoms with Crippen molar-refractivity contribution in [2.75, 3.05) is 19.5 Å². The van der Waals surface area contributed by atoms with Gasteiger partial charge in [-0.2, -0.15) is 0 Å². The largest absolute Gasteiger partial charge is 0.467 e. The van der Waals surface area contributed by atoms with E-state index in [1.54, 1.807) is 6.33 Å². The Hall–Kier alpha value is -2.22. The van der Waals surface area contributed by atoms with E-state index in [1.165, 1.54) is 13.4 Å². The number of fused-ring (bicyclic) bond motifs is 1. The summed E-state index contributed by atoms with van der Waals surface area (Å²) in [5.74, 6) is 0.0299. The van der Waals surface area contributed by atoms with Crippen LogP contribution in [0, 0.1) is 0 Å². The summed E-state index contributed by atoms with van der Waals surface area (Å²) in [6, 6.07) is 0.243. The molecular weight excluding hydrogens is 274 g/mol. The van der Waals surface area contributed by atoms with Gasteiger partial charge in [0.25, 0.3) is 0 Å². The quantitative estimate of drug-likeness (QED) is 0.826. The highest BCUT2D eigenvalue weighted by Crippen LogP contribution is 2.33. The average Bonchev–Trinajstić information content (AvgIpc) is 3.11. The van der Waals surface area contributed by atoms with Gasteiger partial charge in [0.1, 0.15) is 18.5 Å². The molecule has 8 heteroatoms. The summed E-state index contributed by atoms with van der Waals surface area (Å²) in [5.41, 5.74) is 7.15. The maximum Gasteiger partial charge on any atom is 0.331 e. The van der Waals surface area contributed by atoms with Crippen molar-refractivity contribution in [2.45, 2.75) is 31.4 Å². The number of anilines is 1. The lowest BCUT2D eigenvalue weighted by atomic mass is 10.2. The zero-order chi connectivity index (χ0) is 14.8. The van der Waals surface area contributed by atoms with E-state index in [0.29, 0.717) is 11.3 Å². The number of imidazole rings is 1. The number of aromatic nitrogens is 4. The number of hydrogen-bond acceptors (Lipinski definition) is 7. The van der Waals surface area contributed by atoms with Gasteiger partial charge in [0.05, 0.1) is 19.5 Å². The number of esters is 1. The van der Waals surface area contributed by atoms with Crippen molar-refractivity contribution < 1.29 is 14.3 Å². The third-order valence-electron chi connectivity index (χ3n) is 3.80. The molecule has 1 saturated carbocycles. The summed E-state index contributed by atoms with van der Waals surface area (Å²) >= 11 is 0. The predicted octanol–water partition coefficient (Wildman–Crippen LogP) is 0.692. The fourth-order valence-corrected chi connectivity index (χ4v) is 2.70. The van der Waals surface area contributed by atoms with E-state index in [2.05, 4.69) is 19.7 Å². The molecule has 1 aliphatic carbocycles. The van der Waals surface area contributed by atoms with Crippen molar-refractivity contribution in [2.24, 2.45) is 0 Å². The summed E-state index contributed by atoms with van der Waals surface area (Å²) in [4.78, 5) is 23.6. The second-order valence-corrected chi connectivity index (χ2v) is 5.06. The predicted molar refractivity (Wildman–Crippen MR) is 74.4 cm³/mol. The number of rotatable bonds is 4. The molecule has 2 aromatic rings. The molecule has 3 rings (SSSR count). The van der Waals surface area contributed by atoms with Gasteiger partial charge in [0.2, 0.25) is 0 Å². The van der Waals surface area contributed by atoms with Gasteiger partial charge < -0.3 is 19.8 Å². The number of nitrogens with zero attached hydrogens (tertiary/aromatic N) is 4. The number of carbonyl (C=O) groups is 1. The van der Waals surface area contributed by atoms with Crippen molar-refractivity contribution in [3.63, 3.8) is 0 Å². The van der Waals surface area contributed by atoms with Crippen molar-refractivity contribution in [1.29, 1.82) is 0 Å². The molecule has 8 nitrogen and oxygen atoms in total. The first-order chi connectivity index (χ1) is 10.2. The fourth-order valence-electron chi connectivity index (χ4n) is 2.70. The summed E-state index contributed by atoms with van der Waals surface area (Å²) in [7, 11) is 1.35. The third kappa shape index (κ3) is 2.66. The molecule has 0 radical (unpaired) electrons. The molecule has 1 aliphatic rings. The van der Waals surface area contributed by atoms with Crippen LogP contribution in [0.3, 0.4) is 0 Å². The Kier molecular flexibility index (Phi) is 3.70. The van der Waals surface area contributed by atoms with Gasteiger partial charge >= 0.3 is 5.97 Å². The van der Waals surface area contributed by atoms with Gasteiger partial charge in [0.15, 0.2) is 11.5 Å². The van der Waals surface area contributed by atoms with E-state index in [0.717, 1.165) is 24.9 Å². The number of nitrogen functional groups attached to an aromatic ring is 1. The smallest absolute Gasteiger partial charge is 0.331 e. The fraction of sp³-hybridized carbons (Fsp3) is 0.538. The normalized spacial score (nSPS) is 21.8. The molecule has 0 spiro atoms. The average molecular weight is 291 g/mol. The van der Waals surface area contributed by atoms with E-state index in [4.69, 9.17) is 10.5 Å². The molecule has 2 aromatic heterocycles. The van der Waals surface area contributed by atoms with E-state index in [-0.39, 0.29) is 24.7 Å². The van der Waals surface area contributed by atoms with E-state index in [9.17, 15) is 4.79 Å². The standard InChI is InChI=1S/C13H17N5O3/c1-20-10(19)5-21-9-3-2-8(4-9)18-7-17-11-12(14)15-6-16-13(11)18/h6-9H,2-5H2,1H3,(H2,14,15,16)/t8-,9-/m1/s1. The summed E-state index contributed by atoms with van der Waals surface area (Å²) in [6.07, 6.45) is 5.87. The van der Waals surface area contributed by atoms with Crippen LogP contribution >= 0.6 is 0 Å². The topological polar surface area (TPSA) is 105 Å². The molecule has 2 heterocycles. The maximum absolute atomic E-state index is 11.1. The molecule has 2 N–H and O–H groups in total. The summed E-state index contributed by atoms with van der Waals surface area (Å²) < 4.78 is 12.1. The SMILES string of the molecule is COC(=O)CO[C@@H]1CC[C@@H](n2cnc3c(N)ncnc32)C1. The Morgan fingerprint density at radius 3 is 3.10 bits per heavy atom. The molecule has 1 fully saturated rings. The summed E-state index contributed by atoms with van der Waals surface area (Å²) in [6.45, 7) is -0.00627. The van der Waals surface area contributed by atoms with Crippen LogP contribution in [0.5, 0.6) is 0 Å². The lowest BCUT2D eigenvalue weighted by molar-refractivity contribution is -0.147. The van der Waals surface area contributed by atoms with Crippen molar-refractivity contribution in [3.05, 3.63) is 12.7 Å². The van der Waals surface area contributed by atoms with Crippen molar-refractivity contribution >= 4 is 23.0 Å². The molecule has 0 aromatic carbocycles. The minimum Gasteiger partial charge on any atom is -0.467 e. The van der Waals surface area contributed by atoms with Gasteiger partial charge in [0, 0.05) is 6.04 Å². The Morgan fingerprint density at radius 1 is 1.43 bits per heavy atom. The first kappa shape index (κ1) is 13.7. The highest BCUT2D eigenvalue weighted by atomic mass is 16.6. The van der Waals surface area contributed by atoms with Gasteiger partial charge in [-0.1, -0.05) is 0 Å². The van der Waals surface area contributed by atoms with Gasteiger partial charge in [-0.25, -0.2) is 19.7 Å². The Labute approximate surface area is 121 Å². The lowest BCUT2D eigenvalue weighted by Crippen LogP contribution is -2.17. The van der Waals surface area contributed by atoms with E-state index in [1.807, 2.05) is 4.57 Å². The molecule has 0 aliphatic heterocycles. The second kappa shape index (κ2) is 5.65. The second-order valence-electron chi connectivity index (χ2n) is 5.06. The van der Waals surface area contributed by atoms with Crippen molar-refractivity contribution in [3.8, 4) is 0 Å². The maximum atomic E-state index is 11.1. The van der Waals surface area contributed by atoms with Crippen LogP contribution in [0.4, 0.5) is 5.82 Å². The Balaban J connectivity index is 1.70. The lowest BCUT2D eigenvalue weighted by Gasteiger charge is -2.13. The number of carbonyl (C=O) groups excluding carboxylic acids is 1. The van der Waals surface area contributed by atoms with Crippen LogP contribution in [-0.4, -0.2) is 45.3 Å². The van der Waals surface area contributed by atoms with Gasteiger partial charge in [-0.15, -0.1) is 0 Å². The molecule has 2 atom stereocenters. The minimum atomic E-state index is -0.355. The van der Waals surface area contributed by atoms with Crippen LogP contribution in [0.25, 0.3) is 11.2 Å². The Morgan fingerprint density at radius 2 is 2.29 bits per heavy atom. The molecule has 112 valence electrons. The zero-order valence-corrected chi connectivity index (χ0v) is 11.7. The third-order valence-corrected chi connectivity index (χ3v) is 3.80. The number of nitrogens with two attached hydrogens (primary N) is 1. The molecule has 0 saturated heterocycles. The number of methoxy groups -OCH3 is 1. The van der Waals surface area contributed by atoms with E-state index >= 15 is 0 Å². The number of ether oxygens (including phenoxy) is 2. The van der Waals surface area contributed by atoms with Crippen LogP contribution < -0.4 is 5.73 Å². The van der Waals surface area contributed by atoms with Crippen molar-refractivity contribution in [1.82, 2.24) is 19.5 Å². The first-order valence-electron chi connectivity index (χ1n) is 6.80. The zero-order valence-electron chi connectivity index (χ0n) is 11.7. The highest BCUT2D eigenvalue weighted by molar-refractivity contribution is 5.81. The van der Waals surface area contributed by atoms with Gasteiger partial charge in [-0.05, 0) is 19.3 Å². The first-order valence-corrected chi connectivity index (χ1v) is 6.80. The number of hydrogen-bond donors (Lipinski definition) is 1. The van der Waals surface area contributed by atoms with Crippen LogP contribution in [-0.2, 0) is 14.3 Å². The molecule has 0 amide bonds. The Bertz CT molecular complexity index is 656. The molecule has 0 unspecified atom stereocenters. The van der Waals surface area contributed by atoms with Gasteiger partial charge in [-0.3, -0.25) is 0 Å². The molecule has 21 heavy (non-hydrogen) atoms. The molecular formula is C13H17N5O3. The monoisotopic (exact) mass is 291 g/mol. The summed E-state index contributed by atoms with van der Waals surface area (Å²) in [5, 5.41) is 0. The minimum absolute atomic E-state index is 0.00627. The van der Waals surface area contributed by atoms with E-state index < -0.39 is 0 Å². The van der Waals surface area contributed by atoms with Crippen LogP contribution in [0.1, 0.15) is 25.3 Å². The molecule has 0 bridgehead atoms. The van der Waals surface area contributed by atoms with Crippen LogP contribution in [0.2, 0.25) is 0 Å². The highest BCUT2D eigenvalue weighted by Gasteiger charge is 2.28.